The molecule has 1 N–H and O–H groups in total. The van der Waals surface area contributed by atoms with Crippen LogP contribution in [0.4, 0.5) is 4.39 Å². The Balaban J connectivity index is 1.74. The van der Waals surface area contributed by atoms with Crippen LogP contribution in [0.3, 0.4) is 0 Å². The quantitative estimate of drug-likeness (QED) is 0.909. The average Bonchev–Trinajstić information content (AvgIpc) is 2.94. The number of nitrogens with zero attached hydrogens (tertiary/aromatic N) is 1. The molecule has 5 heteroatoms. The average molecular weight is 307 g/mol. The summed E-state index contributed by atoms with van der Waals surface area (Å²) in [6, 6.07) is 5.22. The number of carboxylic acid groups (broad SMARTS) is 1. The molecule has 0 spiro atoms. The van der Waals surface area contributed by atoms with Gasteiger partial charge in [-0.2, -0.15) is 0 Å². The van der Waals surface area contributed by atoms with Gasteiger partial charge in [-0.3, -0.25) is 9.69 Å². The summed E-state index contributed by atoms with van der Waals surface area (Å²) in [4.78, 5) is 13.3. The van der Waals surface area contributed by atoms with Gasteiger partial charge >= 0.3 is 5.97 Å². The van der Waals surface area contributed by atoms with Crippen molar-refractivity contribution >= 4 is 5.97 Å². The lowest BCUT2D eigenvalue weighted by Crippen LogP contribution is -2.46. The fourth-order valence-corrected chi connectivity index (χ4v) is 3.57. The van der Waals surface area contributed by atoms with Gasteiger partial charge in [-0.25, -0.2) is 4.39 Å². The van der Waals surface area contributed by atoms with Crippen molar-refractivity contribution in [3.05, 3.63) is 35.1 Å². The first kappa shape index (κ1) is 15.4. The lowest BCUT2D eigenvalue weighted by Gasteiger charge is -2.45. The van der Waals surface area contributed by atoms with Gasteiger partial charge in [0.1, 0.15) is 5.82 Å². The van der Waals surface area contributed by atoms with Gasteiger partial charge in [0.25, 0.3) is 0 Å². The molecule has 1 aromatic carbocycles. The van der Waals surface area contributed by atoms with Gasteiger partial charge in [-0.05, 0) is 50.4 Å². The molecule has 2 aliphatic rings. The van der Waals surface area contributed by atoms with E-state index in [2.05, 4.69) is 4.90 Å². The first-order chi connectivity index (χ1) is 10.5. The number of carboxylic acids is 1. The number of halogens is 1. The van der Waals surface area contributed by atoms with Crippen LogP contribution in [0.1, 0.15) is 36.8 Å². The number of rotatable bonds is 5. The fourth-order valence-electron chi connectivity index (χ4n) is 3.57. The molecular formula is C17H22FNO3. The zero-order valence-electron chi connectivity index (χ0n) is 12.8. The van der Waals surface area contributed by atoms with Gasteiger partial charge in [-0.1, -0.05) is 12.1 Å². The zero-order valence-corrected chi connectivity index (χ0v) is 12.8. The van der Waals surface area contributed by atoms with E-state index in [1.54, 1.807) is 7.11 Å². The first-order valence-corrected chi connectivity index (χ1v) is 7.83. The van der Waals surface area contributed by atoms with E-state index in [1.165, 1.54) is 18.9 Å². The molecule has 1 aliphatic carbocycles. The van der Waals surface area contributed by atoms with Crippen molar-refractivity contribution in [1.82, 2.24) is 4.90 Å². The third-order valence-electron chi connectivity index (χ3n) is 5.06. The lowest BCUT2D eigenvalue weighted by atomic mass is 9.67. The molecule has 1 aromatic rings. The minimum atomic E-state index is -0.807. The van der Waals surface area contributed by atoms with Gasteiger partial charge in [0.2, 0.25) is 0 Å². The van der Waals surface area contributed by atoms with Gasteiger partial charge in [-0.15, -0.1) is 0 Å². The van der Waals surface area contributed by atoms with Crippen LogP contribution in [0, 0.1) is 11.7 Å². The molecule has 1 saturated carbocycles. The molecule has 4 nitrogen and oxygen atoms in total. The second kappa shape index (κ2) is 5.97. The molecule has 3 rings (SSSR count). The maximum atomic E-state index is 14.4. The fraction of sp³-hybridized carbons (Fsp3) is 0.588. The topological polar surface area (TPSA) is 49.8 Å². The molecule has 0 aromatic heterocycles. The third kappa shape index (κ3) is 2.75. The number of carbonyl (C=O) groups is 1. The standard InChI is InChI=1S/C17H22FNO3/c1-22-17(9-13(10-17)16(20)21)14-5-4-12(15(18)8-14)11-19-6-2-3-7-19/h4-5,8,13H,2-3,6-7,9-11H2,1H3,(H,20,21). The molecular weight excluding hydrogens is 285 g/mol. The Kier molecular flexibility index (Phi) is 4.19. The molecule has 0 radical (unpaired) electrons. The monoisotopic (exact) mass is 307 g/mol. The predicted molar refractivity (Wildman–Crippen MR) is 80.0 cm³/mol. The number of hydrogen-bond acceptors (Lipinski definition) is 3. The minimum absolute atomic E-state index is 0.223. The van der Waals surface area contributed by atoms with Crippen LogP contribution in [0.25, 0.3) is 0 Å². The molecule has 2 fully saturated rings. The minimum Gasteiger partial charge on any atom is -0.481 e. The second-order valence-corrected chi connectivity index (χ2v) is 6.43. The van der Waals surface area contributed by atoms with E-state index in [0.29, 0.717) is 24.9 Å². The van der Waals surface area contributed by atoms with Crippen molar-refractivity contribution < 1.29 is 19.0 Å². The van der Waals surface area contributed by atoms with Crippen molar-refractivity contribution in [1.29, 1.82) is 0 Å². The number of aliphatic carboxylic acids is 1. The molecule has 1 aliphatic heterocycles. The summed E-state index contributed by atoms with van der Waals surface area (Å²) in [6.07, 6.45) is 3.18. The second-order valence-electron chi connectivity index (χ2n) is 6.43. The Morgan fingerprint density at radius 1 is 1.41 bits per heavy atom. The van der Waals surface area contributed by atoms with Crippen LogP contribution in [-0.2, 0) is 21.7 Å². The number of benzene rings is 1. The number of likely N-dealkylation sites (tertiary alicyclic amines) is 1. The summed E-state index contributed by atoms with van der Waals surface area (Å²) < 4.78 is 19.9. The molecule has 0 bridgehead atoms. The van der Waals surface area contributed by atoms with E-state index in [-0.39, 0.29) is 5.82 Å². The number of methoxy groups -OCH3 is 1. The molecule has 0 unspecified atom stereocenters. The summed E-state index contributed by atoms with van der Waals surface area (Å²) in [5.74, 6) is -1.43. The normalized spacial score (nSPS) is 28.5. The summed E-state index contributed by atoms with van der Waals surface area (Å²) in [7, 11) is 1.56. The zero-order chi connectivity index (χ0) is 15.7. The van der Waals surface area contributed by atoms with E-state index < -0.39 is 17.5 Å². The first-order valence-electron chi connectivity index (χ1n) is 7.83. The van der Waals surface area contributed by atoms with Crippen molar-refractivity contribution in [3.8, 4) is 0 Å². The Labute approximate surface area is 129 Å². The highest BCUT2D eigenvalue weighted by molar-refractivity contribution is 5.72. The van der Waals surface area contributed by atoms with E-state index in [4.69, 9.17) is 9.84 Å². The van der Waals surface area contributed by atoms with Crippen molar-refractivity contribution in [3.63, 3.8) is 0 Å². The van der Waals surface area contributed by atoms with Crippen molar-refractivity contribution in [2.24, 2.45) is 5.92 Å². The molecule has 1 heterocycles. The van der Waals surface area contributed by atoms with Crippen LogP contribution in [0.2, 0.25) is 0 Å². The van der Waals surface area contributed by atoms with Crippen LogP contribution in [0.15, 0.2) is 18.2 Å². The Morgan fingerprint density at radius 2 is 2.09 bits per heavy atom. The summed E-state index contributed by atoms with van der Waals surface area (Å²) in [5, 5.41) is 9.03. The SMILES string of the molecule is COC1(c2ccc(CN3CCCC3)c(F)c2)CC(C(=O)O)C1. The third-order valence-corrected chi connectivity index (χ3v) is 5.06. The Morgan fingerprint density at radius 3 is 2.64 bits per heavy atom. The predicted octanol–water partition coefficient (Wildman–Crippen LogP) is 2.76. The van der Waals surface area contributed by atoms with E-state index >= 15 is 0 Å². The maximum absolute atomic E-state index is 14.4. The lowest BCUT2D eigenvalue weighted by molar-refractivity contribution is -0.164. The van der Waals surface area contributed by atoms with Crippen LogP contribution < -0.4 is 0 Å². The highest BCUT2D eigenvalue weighted by Gasteiger charge is 2.49. The number of hydrogen-bond donors (Lipinski definition) is 1. The Bertz CT molecular complexity index is 563. The van der Waals surface area contributed by atoms with Gasteiger partial charge in [0, 0.05) is 19.2 Å². The maximum Gasteiger partial charge on any atom is 0.306 e. The van der Waals surface area contributed by atoms with Crippen LogP contribution in [0.5, 0.6) is 0 Å². The molecule has 120 valence electrons. The summed E-state index contributed by atoms with van der Waals surface area (Å²) >= 11 is 0. The van der Waals surface area contributed by atoms with Gasteiger partial charge in [0.15, 0.2) is 0 Å². The highest BCUT2D eigenvalue weighted by Crippen LogP contribution is 2.48. The molecule has 0 amide bonds. The summed E-state index contributed by atoms with van der Waals surface area (Å²) in [5.41, 5.74) is 0.803. The van der Waals surface area contributed by atoms with Crippen LogP contribution in [-0.4, -0.2) is 36.2 Å². The van der Waals surface area contributed by atoms with Crippen molar-refractivity contribution in [2.75, 3.05) is 20.2 Å². The molecule has 22 heavy (non-hydrogen) atoms. The van der Waals surface area contributed by atoms with E-state index in [0.717, 1.165) is 18.7 Å². The summed E-state index contributed by atoms with van der Waals surface area (Å²) in [6.45, 7) is 2.71. The highest BCUT2D eigenvalue weighted by atomic mass is 19.1. The molecule has 0 atom stereocenters. The van der Waals surface area contributed by atoms with Gasteiger partial charge < -0.3 is 9.84 Å². The van der Waals surface area contributed by atoms with E-state index in [1.807, 2.05) is 12.1 Å². The largest absolute Gasteiger partial charge is 0.481 e. The van der Waals surface area contributed by atoms with Gasteiger partial charge in [0.05, 0.1) is 11.5 Å². The molecule has 1 saturated heterocycles. The number of ether oxygens (including phenoxy) is 1. The van der Waals surface area contributed by atoms with Crippen molar-refractivity contribution in [2.45, 2.75) is 37.8 Å². The Hall–Kier alpha value is -1.46. The van der Waals surface area contributed by atoms with Crippen LogP contribution >= 0.6 is 0 Å². The van der Waals surface area contributed by atoms with E-state index in [9.17, 15) is 9.18 Å². The smallest absolute Gasteiger partial charge is 0.306 e.